The van der Waals surface area contributed by atoms with Crippen LogP contribution >= 0.6 is 0 Å². The summed E-state index contributed by atoms with van der Waals surface area (Å²) < 4.78 is 29.4. The van der Waals surface area contributed by atoms with Gasteiger partial charge in [-0.1, -0.05) is 0 Å². The Morgan fingerprint density at radius 1 is 1.44 bits per heavy atom. The second kappa shape index (κ2) is 2.61. The Labute approximate surface area is 52.7 Å². The molecule has 2 unspecified atom stereocenters. The van der Waals surface area contributed by atoms with E-state index in [2.05, 4.69) is 0 Å². The van der Waals surface area contributed by atoms with Crippen molar-refractivity contribution < 1.29 is 23.2 Å². The molecule has 0 aromatic rings. The monoisotopic (exact) mass is 155 g/mol. The summed E-state index contributed by atoms with van der Waals surface area (Å²) >= 11 is 0. The molecule has 0 saturated carbocycles. The quantitative estimate of drug-likeness (QED) is 0.460. The van der Waals surface area contributed by atoms with Gasteiger partial charge in [-0.05, 0) is 6.92 Å². The largest absolute Gasteiger partial charge is 0.746 e. The summed E-state index contributed by atoms with van der Waals surface area (Å²) in [5.74, 6) is 0. The van der Waals surface area contributed by atoms with Gasteiger partial charge in [0.15, 0.2) is 5.44 Å². The molecule has 9 heavy (non-hydrogen) atoms. The molecule has 6 heteroatoms. The smallest absolute Gasteiger partial charge is 0.169 e. The third-order valence-electron chi connectivity index (χ3n) is 0.708. The third kappa shape index (κ3) is 2.75. The third-order valence-corrected chi connectivity index (χ3v) is 1.69. The molecule has 0 aliphatic carbocycles. The summed E-state index contributed by atoms with van der Waals surface area (Å²) in [6.45, 7) is 1.01. The second-order valence-corrected chi connectivity index (χ2v) is 3.09. The molecule has 0 radical (unpaired) electrons. The zero-order chi connectivity index (χ0) is 7.65. The Bertz CT molecular complexity index is 169. The van der Waals surface area contributed by atoms with Crippen LogP contribution in [0.4, 0.5) is 0 Å². The number of rotatable bonds is 2. The van der Waals surface area contributed by atoms with Crippen LogP contribution < -0.4 is 0 Å². The summed E-state index contributed by atoms with van der Waals surface area (Å²) in [6, 6.07) is 0. The average Bonchev–Trinajstić information content (AvgIpc) is 1.62. The predicted octanol–water partition coefficient (Wildman–Crippen LogP) is -1.77. The van der Waals surface area contributed by atoms with E-state index in [4.69, 9.17) is 10.2 Å². The van der Waals surface area contributed by atoms with Crippen LogP contribution in [0.25, 0.3) is 0 Å². The van der Waals surface area contributed by atoms with Crippen molar-refractivity contribution in [3.8, 4) is 0 Å². The van der Waals surface area contributed by atoms with E-state index in [1.54, 1.807) is 0 Å². The Kier molecular flexibility index (Phi) is 2.56. The van der Waals surface area contributed by atoms with Gasteiger partial charge in [0.05, 0.1) is 6.10 Å². The standard InChI is InChI=1S/C3H8O5S/c1-2(4)3(5)9(6,7)8/h2-5H,1H3,(H,6,7,8)/p-1. The average molecular weight is 155 g/mol. The van der Waals surface area contributed by atoms with Crippen LogP contribution in [0, 0.1) is 0 Å². The maximum Gasteiger partial charge on any atom is 0.169 e. The lowest BCUT2D eigenvalue weighted by Crippen LogP contribution is -2.31. The van der Waals surface area contributed by atoms with Crippen molar-refractivity contribution in [2.24, 2.45) is 0 Å². The Morgan fingerprint density at radius 3 is 1.78 bits per heavy atom. The molecule has 0 bridgehead atoms. The van der Waals surface area contributed by atoms with Gasteiger partial charge in [-0.25, -0.2) is 8.42 Å². The SMILES string of the molecule is CC(O)C(O)S(=O)(=O)[O-]. The highest BCUT2D eigenvalue weighted by Crippen LogP contribution is 1.98. The molecule has 2 atom stereocenters. The number of aliphatic hydroxyl groups is 2. The molecule has 0 aromatic heterocycles. The van der Waals surface area contributed by atoms with Crippen molar-refractivity contribution in [2.45, 2.75) is 18.5 Å². The lowest BCUT2D eigenvalue weighted by Gasteiger charge is -2.16. The van der Waals surface area contributed by atoms with Crippen LogP contribution in [0.5, 0.6) is 0 Å². The molecular weight excluding hydrogens is 148 g/mol. The van der Waals surface area contributed by atoms with Crippen LogP contribution in [0.3, 0.4) is 0 Å². The molecule has 0 heterocycles. The highest BCUT2D eigenvalue weighted by Gasteiger charge is 2.17. The van der Waals surface area contributed by atoms with Crippen molar-refractivity contribution in [2.75, 3.05) is 0 Å². The fourth-order valence-electron chi connectivity index (χ4n) is 0.241. The van der Waals surface area contributed by atoms with E-state index in [1.807, 2.05) is 0 Å². The fraction of sp³-hybridized carbons (Fsp3) is 1.00. The van der Waals surface area contributed by atoms with E-state index < -0.39 is 21.7 Å². The first-order chi connectivity index (χ1) is 3.85. The normalized spacial score (nSPS) is 19.1. The van der Waals surface area contributed by atoms with Crippen LogP contribution in [0.1, 0.15) is 6.92 Å². The van der Waals surface area contributed by atoms with Crippen LogP contribution in [0.2, 0.25) is 0 Å². The van der Waals surface area contributed by atoms with Crippen molar-refractivity contribution in [1.29, 1.82) is 0 Å². The summed E-state index contributed by atoms with van der Waals surface area (Å²) in [7, 11) is -4.75. The van der Waals surface area contributed by atoms with Crippen molar-refractivity contribution in [3.63, 3.8) is 0 Å². The van der Waals surface area contributed by atoms with E-state index in [9.17, 15) is 13.0 Å². The van der Waals surface area contributed by atoms with Gasteiger partial charge in [-0.3, -0.25) is 0 Å². The summed E-state index contributed by atoms with van der Waals surface area (Å²) in [6.07, 6.45) is -1.53. The zero-order valence-electron chi connectivity index (χ0n) is 4.68. The molecule has 0 rings (SSSR count). The van der Waals surface area contributed by atoms with Gasteiger partial charge in [-0.15, -0.1) is 0 Å². The minimum atomic E-state index is -4.75. The van der Waals surface area contributed by atoms with Crippen molar-refractivity contribution >= 4 is 10.1 Å². The number of hydrogen-bond donors (Lipinski definition) is 2. The molecule has 0 amide bonds. The van der Waals surface area contributed by atoms with Gasteiger partial charge in [-0.2, -0.15) is 0 Å². The van der Waals surface area contributed by atoms with Gasteiger partial charge >= 0.3 is 0 Å². The predicted molar refractivity (Wildman–Crippen MR) is 27.4 cm³/mol. The fourth-order valence-corrected chi connectivity index (χ4v) is 0.724. The van der Waals surface area contributed by atoms with E-state index in [1.165, 1.54) is 0 Å². The van der Waals surface area contributed by atoms with E-state index in [0.29, 0.717) is 0 Å². The van der Waals surface area contributed by atoms with Gasteiger partial charge < -0.3 is 14.8 Å². The molecule has 2 N–H and O–H groups in total. The van der Waals surface area contributed by atoms with E-state index in [-0.39, 0.29) is 0 Å². The first kappa shape index (κ1) is 8.83. The second-order valence-electron chi connectivity index (χ2n) is 1.62. The number of hydrogen-bond acceptors (Lipinski definition) is 5. The lowest BCUT2D eigenvalue weighted by molar-refractivity contribution is 0.0749. The minimum Gasteiger partial charge on any atom is -0.746 e. The summed E-state index contributed by atoms with van der Waals surface area (Å²) in [4.78, 5) is 0. The molecule has 56 valence electrons. The van der Waals surface area contributed by atoms with Gasteiger partial charge in [0.2, 0.25) is 0 Å². The molecule has 5 nitrogen and oxygen atoms in total. The molecule has 0 aromatic carbocycles. The minimum absolute atomic E-state index is 1.01. The summed E-state index contributed by atoms with van der Waals surface area (Å²) in [5.41, 5.74) is -2.21. The van der Waals surface area contributed by atoms with Crippen molar-refractivity contribution in [1.82, 2.24) is 0 Å². The topological polar surface area (TPSA) is 97.7 Å². The highest BCUT2D eigenvalue weighted by atomic mass is 32.2. The Balaban J connectivity index is 4.24. The van der Waals surface area contributed by atoms with E-state index >= 15 is 0 Å². The molecule has 0 saturated heterocycles. The first-order valence-electron chi connectivity index (χ1n) is 2.16. The molecular formula is C3H7O5S-. The van der Waals surface area contributed by atoms with Crippen LogP contribution in [0.15, 0.2) is 0 Å². The molecule has 0 fully saturated rings. The molecule has 0 spiro atoms. The van der Waals surface area contributed by atoms with E-state index in [0.717, 1.165) is 6.92 Å². The van der Waals surface area contributed by atoms with Gasteiger partial charge in [0, 0.05) is 0 Å². The summed E-state index contributed by atoms with van der Waals surface area (Å²) in [5, 5.41) is 16.6. The van der Waals surface area contributed by atoms with Gasteiger partial charge in [0.25, 0.3) is 0 Å². The number of aliphatic hydroxyl groups excluding tert-OH is 2. The Morgan fingerprint density at radius 2 is 1.78 bits per heavy atom. The van der Waals surface area contributed by atoms with Crippen LogP contribution in [-0.2, 0) is 10.1 Å². The maximum atomic E-state index is 9.81. The maximum absolute atomic E-state index is 9.81. The zero-order valence-corrected chi connectivity index (χ0v) is 5.50. The van der Waals surface area contributed by atoms with Gasteiger partial charge in [0.1, 0.15) is 10.1 Å². The van der Waals surface area contributed by atoms with Crippen LogP contribution in [-0.4, -0.2) is 34.7 Å². The molecule has 0 aliphatic heterocycles. The Hall–Kier alpha value is -0.170. The molecule has 0 aliphatic rings. The highest BCUT2D eigenvalue weighted by molar-refractivity contribution is 7.86. The lowest BCUT2D eigenvalue weighted by atomic mass is 10.4. The van der Waals surface area contributed by atoms with Crippen molar-refractivity contribution in [3.05, 3.63) is 0 Å². The first-order valence-corrected chi connectivity index (χ1v) is 3.63.